The van der Waals surface area contributed by atoms with E-state index in [4.69, 9.17) is 10.5 Å². The lowest BCUT2D eigenvalue weighted by Gasteiger charge is -2.29. The fourth-order valence-corrected chi connectivity index (χ4v) is 3.71. The average molecular weight is 471 g/mol. The molecule has 1 aromatic heterocycles. The second-order valence-corrected chi connectivity index (χ2v) is 8.06. The van der Waals surface area contributed by atoms with Crippen LogP contribution in [0.3, 0.4) is 0 Å². The summed E-state index contributed by atoms with van der Waals surface area (Å²) in [6.07, 6.45) is 5.57. The lowest BCUT2D eigenvalue weighted by atomic mass is 9.79. The van der Waals surface area contributed by atoms with Crippen molar-refractivity contribution < 1.29 is 14.3 Å². The van der Waals surface area contributed by atoms with Gasteiger partial charge >= 0.3 is 0 Å². The van der Waals surface area contributed by atoms with Gasteiger partial charge in [-0.15, -0.1) is 0 Å². The molecule has 0 bridgehead atoms. The maximum absolute atomic E-state index is 11.8. The van der Waals surface area contributed by atoms with Gasteiger partial charge in [0.25, 0.3) is 11.8 Å². The Balaban J connectivity index is 1.35. The molecule has 9 heteroatoms. The number of nitrogens with zero attached hydrogens (tertiary/aromatic N) is 2. The summed E-state index contributed by atoms with van der Waals surface area (Å²) >= 11 is 0. The molecule has 1 saturated carbocycles. The van der Waals surface area contributed by atoms with Crippen LogP contribution in [0, 0.1) is 5.92 Å². The van der Waals surface area contributed by atoms with Gasteiger partial charge in [-0.3, -0.25) is 20.4 Å². The van der Waals surface area contributed by atoms with Crippen LogP contribution in [0.4, 0.5) is 11.6 Å². The third-order valence-electron chi connectivity index (χ3n) is 5.49. The molecule has 178 valence electrons. The monoisotopic (exact) mass is 470 g/mol. The first-order valence-electron chi connectivity index (χ1n) is 11.1. The van der Waals surface area contributed by atoms with Crippen molar-refractivity contribution >= 4 is 23.5 Å². The normalized spacial score (nSPS) is 14.3. The Hall–Kier alpha value is -4.66. The molecule has 0 radical (unpaired) electrons. The second kappa shape index (κ2) is 11.0. The van der Waals surface area contributed by atoms with E-state index in [-0.39, 0.29) is 5.91 Å². The summed E-state index contributed by atoms with van der Waals surface area (Å²) < 4.78 is 5.86. The Bertz CT molecular complexity index is 1230. The summed E-state index contributed by atoms with van der Waals surface area (Å²) in [6.45, 7) is 4.00. The number of rotatable bonds is 8. The highest BCUT2D eigenvalue weighted by Gasteiger charge is 2.24. The van der Waals surface area contributed by atoms with Crippen LogP contribution in [-0.4, -0.2) is 28.3 Å². The summed E-state index contributed by atoms with van der Waals surface area (Å²) in [6, 6.07) is 17.2. The highest BCUT2D eigenvalue weighted by molar-refractivity contribution is 5.93. The zero-order valence-electron chi connectivity index (χ0n) is 19.0. The van der Waals surface area contributed by atoms with Crippen LogP contribution < -0.4 is 26.6 Å². The van der Waals surface area contributed by atoms with Gasteiger partial charge in [0.2, 0.25) is 0 Å². The third-order valence-corrected chi connectivity index (χ3v) is 5.49. The zero-order chi connectivity index (χ0) is 24.6. The Morgan fingerprint density at radius 3 is 2.40 bits per heavy atom. The zero-order valence-corrected chi connectivity index (χ0v) is 19.0. The topological polar surface area (TPSA) is 131 Å². The maximum Gasteiger partial charge on any atom is 0.262 e. The Morgan fingerprint density at radius 2 is 1.69 bits per heavy atom. The molecule has 0 saturated heterocycles. The SMILES string of the molecule is C=CC(=O)NNC(=O)C=C1CC(CNc2ncnc(N)c2-c2ccc(Oc3ccccc3)cc2)C1. The number of allylic oxidation sites excluding steroid dienone is 1. The van der Waals surface area contributed by atoms with Crippen molar-refractivity contribution in [2.24, 2.45) is 5.92 Å². The molecule has 2 aromatic carbocycles. The van der Waals surface area contributed by atoms with E-state index in [0.29, 0.717) is 29.8 Å². The van der Waals surface area contributed by atoms with Gasteiger partial charge in [-0.1, -0.05) is 42.5 Å². The van der Waals surface area contributed by atoms with Gasteiger partial charge in [0.1, 0.15) is 29.5 Å². The number of ether oxygens (including phenoxy) is 1. The van der Waals surface area contributed by atoms with E-state index in [1.54, 1.807) is 0 Å². The van der Waals surface area contributed by atoms with Gasteiger partial charge in [-0.2, -0.15) is 0 Å². The van der Waals surface area contributed by atoms with E-state index in [1.807, 2.05) is 54.6 Å². The molecule has 3 aromatic rings. The quantitative estimate of drug-likeness (QED) is 0.292. The first-order chi connectivity index (χ1) is 17.0. The van der Waals surface area contributed by atoms with Crippen molar-refractivity contribution in [1.82, 2.24) is 20.8 Å². The molecule has 0 unspecified atom stereocenters. The van der Waals surface area contributed by atoms with Crippen molar-refractivity contribution in [2.75, 3.05) is 17.6 Å². The number of nitrogens with two attached hydrogens (primary N) is 1. The number of nitrogen functional groups attached to an aromatic ring is 1. The van der Waals surface area contributed by atoms with E-state index in [0.717, 1.165) is 41.4 Å². The van der Waals surface area contributed by atoms with Crippen LogP contribution >= 0.6 is 0 Å². The smallest absolute Gasteiger partial charge is 0.262 e. The molecule has 0 atom stereocenters. The molecule has 9 nitrogen and oxygen atoms in total. The Labute approximate surface area is 203 Å². The van der Waals surface area contributed by atoms with Gasteiger partial charge < -0.3 is 15.8 Å². The lowest BCUT2D eigenvalue weighted by Crippen LogP contribution is -2.40. The number of nitrogens with one attached hydrogen (secondary N) is 3. The van der Waals surface area contributed by atoms with Gasteiger partial charge in [-0.05, 0) is 54.7 Å². The van der Waals surface area contributed by atoms with Gasteiger partial charge in [-0.25, -0.2) is 9.97 Å². The van der Waals surface area contributed by atoms with Crippen LogP contribution in [0.25, 0.3) is 11.1 Å². The number of carbonyl (C=O) groups excluding carboxylic acids is 2. The Morgan fingerprint density at radius 1 is 1.00 bits per heavy atom. The van der Waals surface area contributed by atoms with Crippen molar-refractivity contribution in [3.05, 3.63) is 85.2 Å². The molecule has 1 heterocycles. The number of anilines is 2. The fraction of sp³-hybridized carbons (Fsp3) is 0.154. The molecule has 1 aliphatic rings. The molecule has 1 fully saturated rings. The van der Waals surface area contributed by atoms with E-state index < -0.39 is 5.91 Å². The molecular weight excluding hydrogens is 444 g/mol. The third kappa shape index (κ3) is 6.23. The summed E-state index contributed by atoms with van der Waals surface area (Å²) in [4.78, 5) is 31.5. The molecule has 35 heavy (non-hydrogen) atoms. The minimum Gasteiger partial charge on any atom is -0.457 e. The van der Waals surface area contributed by atoms with Crippen LogP contribution in [0.15, 0.2) is 85.2 Å². The first kappa shape index (κ1) is 23.5. The largest absolute Gasteiger partial charge is 0.457 e. The van der Waals surface area contributed by atoms with E-state index in [2.05, 4.69) is 32.7 Å². The van der Waals surface area contributed by atoms with Gasteiger partial charge in [0, 0.05) is 12.6 Å². The van der Waals surface area contributed by atoms with Crippen molar-refractivity contribution in [3.8, 4) is 22.6 Å². The highest BCUT2D eigenvalue weighted by atomic mass is 16.5. The second-order valence-electron chi connectivity index (χ2n) is 8.06. The molecule has 4 rings (SSSR count). The number of carbonyl (C=O) groups is 2. The predicted molar refractivity (Wildman–Crippen MR) is 134 cm³/mol. The molecular formula is C26H26N6O3. The van der Waals surface area contributed by atoms with Crippen molar-refractivity contribution in [3.63, 3.8) is 0 Å². The van der Waals surface area contributed by atoms with E-state index in [9.17, 15) is 9.59 Å². The number of benzene rings is 2. The number of hydrogen-bond donors (Lipinski definition) is 4. The summed E-state index contributed by atoms with van der Waals surface area (Å²) in [5.41, 5.74) is 13.4. The Kier molecular flexibility index (Phi) is 7.37. The molecule has 0 spiro atoms. The number of aromatic nitrogens is 2. The molecule has 2 amide bonds. The number of hydrazine groups is 1. The van der Waals surface area contributed by atoms with Gasteiger partial charge in [0.15, 0.2) is 0 Å². The first-order valence-corrected chi connectivity index (χ1v) is 11.1. The van der Waals surface area contributed by atoms with Crippen LogP contribution in [0.1, 0.15) is 12.8 Å². The fourth-order valence-electron chi connectivity index (χ4n) is 3.71. The van der Waals surface area contributed by atoms with Crippen molar-refractivity contribution in [2.45, 2.75) is 12.8 Å². The van der Waals surface area contributed by atoms with Crippen molar-refractivity contribution in [1.29, 1.82) is 0 Å². The minimum absolute atomic E-state index is 0.350. The van der Waals surface area contributed by atoms with E-state index in [1.165, 1.54) is 12.4 Å². The minimum atomic E-state index is -0.467. The van der Waals surface area contributed by atoms with Gasteiger partial charge in [0.05, 0.1) is 5.56 Å². The van der Waals surface area contributed by atoms with Crippen LogP contribution in [0.2, 0.25) is 0 Å². The highest BCUT2D eigenvalue weighted by Crippen LogP contribution is 2.35. The molecule has 5 N–H and O–H groups in total. The average Bonchev–Trinajstić information content (AvgIpc) is 2.85. The number of para-hydroxylation sites is 1. The lowest BCUT2D eigenvalue weighted by molar-refractivity contribution is -0.123. The molecule has 1 aliphatic carbocycles. The maximum atomic E-state index is 11.8. The van der Waals surface area contributed by atoms with E-state index >= 15 is 0 Å². The predicted octanol–water partition coefficient (Wildman–Crippen LogP) is 3.60. The summed E-state index contributed by atoms with van der Waals surface area (Å²) in [7, 11) is 0. The number of amides is 2. The van der Waals surface area contributed by atoms with Crippen LogP contribution in [-0.2, 0) is 9.59 Å². The summed E-state index contributed by atoms with van der Waals surface area (Å²) in [5, 5.41) is 3.37. The standard InChI is InChI=1S/C26H26N6O3/c1-2-22(33)31-32-23(34)14-17-12-18(13-17)15-28-26-24(25(27)29-16-30-26)19-8-10-21(11-9-19)35-20-6-4-3-5-7-20/h2-11,14,16,18H,1,12-13,15H2,(H,31,33)(H,32,34)(H3,27,28,29,30). The molecule has 0 aliphatic heterocycles. The summed E-state index contributed by atoms with van der Waals surface area (Å²) in [5.74, 6) is 2.02. The van der Waals surface area contributed by atoms with Crippen LogP contribution in [0.5, 0.6) is 11.5 Å². The number of hydrogen-bond acceptors (Lipinski definition) is 7.